The second-order valence-corrected chi connectivity index (χ2v) is 51.6. The van der Waals surface area contributed by atoms with Crippen LogP contribution in [0.1, 0.15) is 384 Å². The maximum absolute atomic E-state index is 12.2. The lowest BCUT2D eigenvalue weighted by Crippen LogP contribution is -2.45. The van der Waals surface area contributed by atoms with Gasteiger partial charge in [0.25, 0.3) is 0 Å². The Hall–Kier alpha value is -3.51. The molecule has 0 amide bonds. The third kappa shape index (κ3) is 125. The summed E-state index contributed by atoms with van der Waals surface area (Å²) in [6, 6.07) is 0. The van der Waals surface area contributed by atoms with Gasteiger partial charge in [-0.3, -0.25) is 29.0 Å². The van der Waals surface area contributed by atoms with Crippen molar-refractivity contribution in [3.8, 4) is 0 Å². The first-order valence-corrected chi connectivity index (χ1v) is 48.5. The standard InChI is InChI=1S/C16H32N2O2.C13H24O2.C10H21NO2.C10H21NO.C9H19NO2.C9H19NO.C9H18O3.C8H19N.C7H17N.C7H16.C6H14.C2H6/c1-15(2,3)13-20-14(19)16(4,5)7-8-18-11-9-17(6)10-12-18;1-12(2,3)9-7-8-10-15-11(14)13(4,5)6;1-9(2,3)6-7-13-8(12)10(4,5)11;1-10(2,3)4-5-11-6-8-12-9-7-11;1-8(2,3)6-12-7(11)9(4,5)10;1-9(2,3)8-10-4-6-11-7-5-10;1-7(2)12-8(10)11-6-9(3,4)5;1-8(2,3)6-7-9(4)5;1-7(2,3)6-8(4)5;1-5-6-7(2,3)4;1-5-6(2,3)4;1-2/h7-13H2,1-6H3;7-8H,9-10H2,1-6H3;6-7,11H2,1-5H3;4-9H2,1-3H3;6,10H2,1-5H3;4-8H2,1-3H3;7H,6H2,1-5H3;6-7H2,1-5H3;6H2,1-5H3;5-6H2,1-4H3;5H2,1-4H3;1-2H3/b;8-7-;;;;;;;;;;. The molecule has 0 saturated carbocycles. The fraction of sp³-hybridized carbons (Fsp3) is 0.934. The molecule has 768 valence electrons. The largest absolute Gasteiger partial charge is 0.508 e. The van der Waals surface area contributed by atoms with Crippen LogP contribution in [0, 0.1) is 70.4 Å². The van der Waals surface area contributed by atoms with Crippen LogP contribution in [0.4, 0.5) is 4.79 Å². The first kappa shape index (κ1) is 141. The highest BCUT2D eigenvalue weighted by Crippen LogP contribution is 2.28. The van der Waals surface area contributed by atoms with E-state index in [-0.39, 0.29) is 51.6 Å². The summed E-state index contributed by atoms with van der Waals surface area (Å²) in [7, 11) is 10.6. The molecule has 0 radical (unpaired) electrons. The van der Waals surface area contributed by atoms with E-state index >= 15 is 0 Å². The Morgan fingerprint density at radius 1 is 0.378 bits per heavy atom. The maximum Gasteiger partial charge on any atom is 0.508 e. The predicted octanol–water partition coefficient (Wildman–Crippen LogP) is 24.4. The Bertz CT molecular complexity index is 2680. The number of nitrogens with zero attached hydrogens (tertiary/aromatic N) is 6. The average molecular weight is 1820 g/mol. The second kappa shape index (κ2) is 68.5. The van der Waals surface area contributed by atoms with Crippen molar-refractivity contribution < 1.29 is 61.9 Å². The highest BCUT2D eigenvalue weighted by molar-refractivity contribution is 5.80. The fourth-order valence-electron chi connectivity index (χ4n) is 9.55. The topological polar surface area (TPSA) is 231 Å². The number of hydrogen-bond donors (Lipinski definition) is 2. The molecule has 0 unspecified atom stereocenters. The molecular weight excluding hydrogens is 1590 g/mol. The van der Waals surface area contributed by atoms with Crippen LogP contribution in [0.25, 0.3) is 0 Å². The van der Waals surface area contributed by atoms with Gasteiger partial charge in [-0.1, -0.05) is 281 Å². The number of hydrogen-bond acceptors (Lipinski definition) is 21. The molecule has 3 aliphatic heterocycles. The number of esters is 4. The molecule has 3 fully saturated rings. The van der Waals surface area contributed by atoms with Gasteiger partial charge >= 0.3 is 30.0 Å². The SMILES string of the molecule is CC.CC(C)(C)C/C=C\COC(=O)C(C)(C)C.CC(C)(C)CCN1CCOCC1.CC(C)(C)CCOC(=O)C(C)(C)N.CC(C)(C)CN1CCOCC1.CC(C)(C)COC(=O)C(C)(C)N.CC(C)OC(=O)OCC(C)(C)C.CCC(C)(C)C.CCCC(C)(C)C.CN(C)CC(C)(C)C.CN(C)CCC(C)(C)C.CN1CCN(CCC(C)(C)C(=O)OCC(C)(C)C)CC1. The molecule has 3 saturated heterocycles. The van der Waals surface area contributed by atoms with Gasteiger partial charge < -0.3 is 69.0 Å². The minimum Gasteiger partial charge on any atom is -0.465 e. The number of carbonyl (C=O) groups excluding carboxylic acids is 5. The predicted molar refractivity (Wildman–Crippen MR) is 550 cm³/mol. The second-order valence-electron chi connectivity index (χ2n) is 51.6. The Labute approximate surface area is 791 Å². The molecule has 3 aliphatic rings. The summed E-state index contributed by atoms with van der Waals surface area (Å²) in [6.45, 7) is 121. The number of nitrogens with two attached hydrogens (primary N) is 2. The molecule has 127 heavy (non-hydrogen) atoms. The zero-order valence-electron chi connectivity index (χ0n) is 95.1. The van der Waals surface area contributed by atoms with Crippen molar-refractivity contribution in [3.05, 3.63) is 12.2 Å². The molecule has 3 heterocycles. The van der Waals surface area contributed by atoms with Gasteiger partial charge in [-0.05, 0) is 229 Å². The van der Waals surface area contributed by atoms with Crippen molar-refractivity contribution >= 4 is 30.0 Å². The molecule has 4 N–H and O–H groups in total. The van der Waals surface area contributed by atoms with Gasteiger partial charge in [0.2, 0.25) is 0 Å². The number of rotatable bonds is 22. The van der Waals surface area contributed by atoms with Crippen LogP contribution in [0.2, 0.25) is 0 Å². The Kier molecular flexibility index (Phi) is 76.2. The summed E-state index contributed by atoms with van der Waals surface area (Å²) in [4.78, 5) is 71.0. The lowest BCUT2D eigenvalue weighted by Gasteiger charge is -2.34. The van der Waals surface area contributed by atoms with Gasteiger partial charge in [-0.15, -0.1) is 0 Å². The first-order valence-electron chi connectivity index (χ1n) is 48.5. The summed E-state index contributed by atoms with van der Waals surface area (Å²) in [5, 5.41) is 0. The Morgan fingerprint density at radius 3 is 1.02 bits per heavy atom. The van der Waals surface area contributed by atoms with Gasteiger partial charge in [0.1, 0.15) is 17.7 Å². The highest BCUT2D eigenvalue weighted by Gasteiger charge is 2.33. The van der Waals surface area contributed by atoms with E-state index in [1.807, 2.05) is 96.1 Å². The van der Waals surface area contributed by atoms with E-state index in [9.17, 15) is 24.0 Å². The molecule has 0 bridgehead atoms. The molecule has 0 aromatic carbocycles. The molecule has 21 nitrogen and oxygen atoms in total. The van der Waals surface area contributed by atoms with Crippen molar-refractivity contribution in [2.45, 2.75) is 401 Å². The van der Waals surface area contributed by atoms with Gasteiger partial charge in [0.15, 0.2) is 0 Å². The van der Waals surface area contributed by atoms with Gasteiger partial charge in [-0.2, -0.15) is 0 Å². The molecule has 0 aliphatic carbocycles. The van der Waals surface area contributed by atoms with Crippen LogP contribution in [-0.4, -0.2) is 256 Å². The molecule has 3 rings (SSSR count). The van der Waals surface area contributed by atoms with Crippen LogP contribution < -0.4 is 11.5 Å². The summed E-state index contributed by atoms with van der Waals surface area (Å²) in [5.41, 5.74) is 12.0. The Balaban J connectivity index is -0.000000174. The number of likely N-dealkylation sites (N-methyl/N-ethyl adjacent to an activating group) is 1. The molecule has 0 atom stereocenters. The smallest absolute Gasteiger partial charge is 0.465 e. The van der Waals surface area contributed by atoms with E-state index in [1.54, 1.807) is 41.5 Å². The normalized spacial score (nSPS) is 15.1. The van der Waals surface area contributed by atoms with E-state index in [2.05, 4.69) is 272 Å². The number of piperazine rings is 1. The average Bonchev–Trinajstić information content (AvgIpc) is 0.862. The van der Waals surface area contributed by atoms with Crippen LogP contribution in [0.15, 0.2) is 12.2 Å². The number of allylic oxidation sites excluding steroid dienone is 1. The van der Waals surface area contributed by atoms with Crippen LogP contribution in [0.5, 0.6) is 0 Å². The van der Waals surface area contributed by atoms with Crippen LogP contribution in [-0.2, 0) is 57.1 Å². The first-order chi connectivity index (χ1) is 56.4. The molecule has 0 aromatic rings. The highest BCUT2D eigenvalue weighted by atomic mass is 16.7. The molecule has 0 spiro atoms. The molecule has 21 heteroatoms. The van der Waals surface area contributed by atoms with Gasteiger partial charge in [-0.25, -0.2) is 4.79 Å². The summed E-state index contributed by atoms with van der Waals surface area (Å²) in [6.07, 6.45) is 12.5. The fourth-order valence-corrected chi connectivity index (χ4v) is 9.55. The zero-order chi connectivity index (χ0) is 103. The van der Waals surface area contributed by atoms with Crippen LogP contribution in [0.3, 0.4) is 0 Å². The van der Waals surface area contributed by atoms with Crippen molar-refractivity contribution in [1.29, 1.82) is 0 Å². The van der Waals surface area contributed by atoms with Crippen molar-refractivity contribution in [2.24, 2.45) is 81.9 Å². The maximum atomic E-state index is 12.2. The lowest BCUT2D eigenvalue weighted by molar-refractivity contribution is -0.157. The number of carbonyl (C=O) groups is 5. The minimum atomic E-state index is -0.884. The van der Waals surface area contributed by atoms with Crippen LogP contribution >= 0.6 is 0 Å². The van der Waals surface area contributed by atoms with E-state index in [4.69, 9.17) is 49.4 Å². The third-order valence-corrected chi connectivity index (χ3v) is 17.6. The zero-order valence-corrected chi connectivity index (χ0v) is 95.1. The van der Waals surface area contributed by atoms with Crippen molar-refractivity contribution in [1.82, 2.24) is 29.4 Å². The van der Waals surface area contributed by atoms with Crippen molar-refractivity contribution in [2.75, 3.05) is 180 Å². The summed E-state index contributed by atoms with van der Waals surface area (Å²) < 4.78 is 40.8. The molecule has 0 aromatic heterocycles. The monoisotopic (exact) mass is 1820 g/mol. The number of ether oxygens (including phenoxy) is 8. The van der Waals surface area contributed by atoms with E-state index in [1.165, 1.54) is 51.7 Å². The van der Waals surface area contributed by atoms with E-state index in [0.29, 0.717) is 70.9 Å². The van der Waals surface area contributed by atoms with E-state index < -0.39 is 28.1 Å². The molecular formula is C106H226N8O13. The quantitative estimate of drug-likeness (QED) is 0.0583. The Morgan fingerprint density at radius 2 is 0.732 bits per heavy atom. The third-order valence-electron chi connectivity index (χ3n) is 17.6. The van der Waals surface area contributed by atoms with Gasteiger partial charge in [0, 0.05) is 65.4 Å². The summed E-state index contributed by atoms with van der Waals surface area (Å²) >= 11 is 0. The minimum absolute atomic E-state index is 0.000903. The number of morpholine rings is 2. The summed E-state index contributed by atoms with van der Waals surface area (Å²) in [5.74, 6) is -0.904. The van der Waals surface area contributed by atoms with E-state index in [0.717, 1.165) is 111 Å². The lowest BCUT2D eigenvalue weighted by atomic mass is 9.89. The van der Waals surface area contributed by atoms with Gasteiger partial charge in [0.05, 0.1) is 69.8 Å². The van der Waals surface area contributed by atoms with Crippen molar-refractivity contribution in [3.63, 3.8) is 0 Å².